The van der Waals surface area contributed by atoms with E-state index in [0.29, 0.717) is 6.54 Å². The average Bonchev–Trinajstić information content (AvgIpc) is 3.09. The maximum absolute atomic E-state index is 5.60. The molecule has 0 spiro atoms. The Morgan fingerprint density at radius 2 is 2.26 bits per heavy atom. The first-order chi connectivity index (χ1) is 13.2. The van der Waals surface area contributed by atoms with Gasteiger partial charge in [0.1, 0.15) is 5.82 Å². The first-order valence-electron chi connectivity index (χ1n) is 9.52. The van der Waals surface area contributed by atoms with E-state index in [9.17, 15) is 0 Å². The third-order valence-corrected chi connectivity index (χ3v) is 5.55. The molecule has 0 saturated carbocycles. The van der Waals surface area contributed by atoms with E-state index < -0.39 is 0 Å². The largest absolute Gasteiger partial charge is 0.375 e. The highest BCUT2D eigenvalue weighted by atomic mass is 32.1. The van der Waals surface area contributed by atoms with Gasteiger partial charge in [0.2, 0.25) is 0 Å². The van der Waals surface area contributed by atoms with E-state index in [0.717, 1.165) is 50.1 Å². The van der Waals surface area contributed by atoms with E-state index in [2.05, 4.69) is 64.9 Å². The van der Waals surface area contributed by atoms with Crippen molar-refractivity contribution in [3.8, 4) is 0 Å². The van der Waals surface area contributed by atoms with Crippen molar-refractivity contribution in [3.63, 3.8) is 0 Å². The maximum Gasteiger partial charge on any atom is 0.191 e. The Labute approximate surface area is 165 Å². The van der Waals surface area contributed by atoms with E-state index in [1.165, 1.54) is 10.4 Å². The van der Waals surface area contributed by atoms with Crippen LogP contribution in [0.2, 0.25) is 0 Å². The summed E-state index contributed by atoms with van der Waals surface area (Å²) in [4.78, 5) is 12.9. The summed E-state index contributed by atoms with van der Waals surface area (Å²) in [6.45, 7) is 11.1. The second-order valence-electron chi connectivity index (χ2n) is 6.73. The number of pyridine rings is 1. The lowest BCUT2D eigenvalue weighted by molar-refractivity contribution is 0.0529. The van der Waals surface area contributed by atoms with E-state index in [1.807, 2.05) is 6.20 Å². The predicted molar refractivity (Wildman–Crippen MR) is 113 cm³/mol. The number of hydrogen-bond acceptors (Lipinski definition) is 5. The highest BCUT2D eigenvalue weighted by molar-refractivity contribution is 7.10. The highest BCUT2D eigenvalue weighted by Gasteiger charge is 2.17. The fraction of sp³-hybridized carbons (Fsp3) is 0.500. The standard InChI is InChI=1S/C20H29N5OS/c1-4-21-20(24-13-18-15(2)7-10-27-18)23-12-17-5-6-19(22-11-17)25-8-9-26-16(3)14-25/h5-7,10-11,16H,4,8-9,12-14H2,1-3H3,(H2,21,23,24). The first-order valence-corrected chi connectivity index (χ1v) is 10.4. The zero-order valence-corrected chi connectivity index (χ0v) is 17.2. The minimum Gasteiger partial charge on any atom is -0.375 e. The van der Waals surface area contributed by atoms with Crippen molar-refractivity contribution in [3.05, 3.63) is 45.8 Å². The van der Waals surface area contributed by atoms with Gasteiger partial charge in [-0.3, -0.25) is 0 Å². The molecule has 3 heterocycles. The third-order valence-electron chi connectivity index (χ3n) is 4.52. The summed E-state index contributed by atoms with van der Waals surface area (Å²) in [5.74, 6) is 1.84. The maximum atomic E-state index is 5.60. The number of guanidine groups is 1. The Balaban J connectivity index is 1.57. The molecule has 0 bridgehead atoms. The Morgan fingerprint density at radius 3 is 2.93 bits per heavy atom. The number of morpholine rings is 1. The zero-order chi connectivity index (χ0) is 19.1. The molecule has 6 nitrogen and oxygen atoms in total. The number of aryl methyl sites for hydroxylation is 1. The molecule has 1 atom stereocenters. The van der Waals surface area contributed by atoms with Gasteiger partial charge in [0, 0.05) is 30.7 Å². The van der Waals surface area contributed by atoms with Gasteiger partial charge in [0.25, 0.3) is 0 Å². The second kappa shape index (κ2) is 9.71. The van der Waals surface area contributed by atoms with Crippen molar-refractivity contribution >= 4 is 23.1 Å². The molecule has 0 amide bonds. The van der Waals surface area contributed by atoms with Gasteiger partial charge in [-0.15, -0.1) is 11.3 Å². The number of nitrogens with one attached hydrogen (secondary N) is 2. The summed E-state index contributed by atoms with van der Waals surface area (Å²) in [6.07, 6.45) is 2.18. The monoisotopic (exact) mass is 387 g/mol. The molecule has 7 heteroatoms. The molecule has 2 aromatic heterocycles. The zero-order valence-electron chi connectivity index (χ0n) is 16.4. The third kappa shape index (κ3) is 5.68. The van der Waals surface area contributed by atoms with E-state index in [-0.39, 0.29) is 6.10 Å². The molecule has 27 heavy (non-hydrogen) atoms. The normalized spacial score (nSPS) is 17.8. The number of rotatable bonds is 6. The number of thiophene rings is 1. The van der Waals surface area contributed by atoms with Crippen molar-refractivity contribution in [1.82, 2.24) is 15.6 Å². The van der Waals surface area contributed by atoms with Gasteiger partial charge in [0.05, 0.1) is 25.8 Å². The molecule has 0 radical (unpaired) electrons. The van der Waals surface area contributed by atoms with Gasteiger partial charge in [-0.1, -0.05) is 6.07 Å². The number of anilines is 1. The lowest BCUT2D eigenvalue weighted by Gasteiger charge is -2.32. The molecule has 2 aromatic rings. The number of nitrogens with zero attached hydrogens (tertiary/aromatic N) is 3. The average molecular weight is 388 g/mol. The smallest absolute Gasteiger partial charge is 0.191 e. The van der Waals surface area contributed by atoms with Crippen LogP contribution in [-0.2, 0) is 17.8 Å². The van der Waals surface area contributed by atoms with Crippen molar-refractivity contribution in [2.45, 2.75) is 40.0 Å². The minimum absolute atomic E-state index is 0.255. The van der Waals surface area contributed by atoms with Crippen LogP contribution in [0.3, 0.4) is 0 Å². The van der Waals surface area contributed by atoms with Crippen LogP contribution in [0, 0.1) is 6.92 Å². The molecule has 1 fully saturated rings. The molecule has 3 rings (SSSR count). The molecule has 1 saturated heterocycles. The molecule has 1 aliphatic heterocycles. The molecular formula is C20H29N5OS. The van der Waals surface area contributed by atoms with E-state index >= 15 is 0 Å². The van der Waals surface area contributed by atoms with E-state index in [4.69, 9.17) is 9.73 Å². The van der Waals surface area contributed by atoms with Gasteiger partial charge < -0.3 is 20.3 Å². The van der Waals surface area contributed by atoms with Crippen LogP contribution < -0.4 is 15.5 Å². The summed E-state index contributed by atoms with van der Waals surface area (Å²) in [5, 5.41) is 8.84. The number of ether oxygens (including phenoxy) is 1. The number of aromatic nitrogens is 1. The van der Waals surface area contributed by atoms with Crippen molar-refractivity contribution in [1.29, 1.82) is 0 Å². The van der Waals surface area contributed by atoms with Gasteiger partial charge in [-0.05, 0) is 49.4 Å². The predicted octanol–water partition coefficient (Wildman–Crippen LogP) is 2.93. The summed E-state index contributed by atoms with van der Waals surface area (Å²) >= 11 is 1.77. The second-order valence-corrected chi connectivity index (χ2v) is 7.73. The Kier molecular flexibility index (Phi) is 7.06. The SMILES string of the molecule is CCNC(=NCc1ccc(N2CCOC(C)C2)nc1)NCc1sccc1C. The molecule has 0 aromatic carbocycles. The molecule has 1 unspecified atom stereocenters. The van der Waals surface area contributed by atoms with Gasteiger partial charge in [-0.2, -0.15) is 0 Å². The molecular weight excluding hydrogens is 358 g/mol. The van der Waals surface area contributed by atoms with Gasteiger partial charge in [0.15, 0.2) is 5.96 Å². The highest BCUT2D eigenvalue weighted by Crippen LogP contribution is 2.16. The van der Waals surface area contributed by atoms with Crippen molar-refractivity contribution < 1.29 is 4.74 Å². The molecule has 2 N–H and O–H groups in total. The van der Waals surface area contributed by atoms with Crippen LogP contribution in [0.1, 0.15) is 29.9 Å². The van der Waals surface area contributed by atoms with E-state index in [1.54, 1.807) is 11.3 Å². The van der Waals surface area contributed by atoms with Crippen LogP contribution in [0.5, 0.6) is 0 Å². The van der Waals surface area contributed by atoms with Crippen molar-refractivity contribution in [2.24, 2.45) is 4.99 Å². The lowest BCUT2D eigenvalue weighted by Crippen LogP contribution is -2.41. The summed E-state index contributed by atoms with van der Waals surface area (Å²) < 4.78 is 5.60. The van der Waals surface area contributed by atoms with Crippen LogP contribution in [-0.4, -0.2) is 43.3 Å². The van der Waals surface area contributed by atoms with Crippen LogP contribution >= 0.6 is 11.3 Å². The Morgan fingerprint density at radius 1 is 1.37 bits per heavy atom. The van der Waals surface area contributed by atoms with Gasteiger partial charge >= 0.3 is 0 Å². The topological polar surface area (TPSA) is 61.8 Å². The Hall–Kier alpha value is -2.12. The van der Waals surface area contributed by atoms with Crippen molar-refractivity contribution in [2.75, 3.05) is 31.1 Å². The quantitative estimate of drug-likeness (QED) is 0.589. The number of aliphatic imine (C=N–C) groups is 1. The minimum atomic E-state index is 0.255. The molecule has 1 aliphatic rings. The molecule has 146 valence electrons. The number of hydrogen-bond donors (Lipinski definition) is 2. The van der Waals surface area contributed by atoms with Gasteiger partial charge in [-0.25, -0.2) is 9.98 Å². The summed E-state index contributed by atoms with van der Waals surface area (Å²) in [5.41, 5.74) is 2.42. The fourth-order valence-electron chi connectivity index (χ4n) is 2.99. The Bertz CT molecular complexity index is 743. The summed E-state index contributed by atoms with van der Waals surface area (Å²) in [7, 11) is 0. The van der Waals surface area contributed by atoms with Crippen LogP contribution in [0.25, 0.3) is 0 Å². The molecule has 0 aliphatic carbocycles. The lowest BCUT2D eigenvalue weighted by atomic mass is 10.2. The van der Waals surface area contributed by atoms with Crippen LogP contribution in [0.15, 0.2) is 34.8 Å². The van der Waals surface area contributed by atoms with Crippen LogP contribution in [0.4, 0.5) is 5.82 Å². The fourth-order valence-corrected chi connectivity index (χ4v) is 3.83. The summed E-state index contributed by atoms with van der Waals surface area (Å²) in [6, 6.07) is 6.34. The first kappa shape index (κ1) is 19.6.